The predicted octanol–water partition coefficient (Wildman–Crippen LogP) is 3.86. The number of hydrogen-bond acceptors (Lipinski definition) is 3. The van der Waals surface area contributed by atoms with E-state index in [1.54, 1.807) is 18.3 Å². The SMILES string of the molecule is Fc1cccc(Cl)c1CNCCCCNc1ccccn1. The molecule has 0 aliphatic rings. The van der Waals surface area contributed by atoms with Crippen LogP contribution in [0, 0.1) is 5.82 Å². The molecule has 0 unspecified atom stereocenters. The average Bonchev–Trinajstić information content (AvgIpc) is 2.50. The molecule has 3 nitrogen and oxygen atoms in total. The van der Waals surface area contributed by atoms with Gasteiger partial charge in [-0.05, 0) is 43.7 Å². The Morgan fingerprint density at radius 1 is 1.05 bits per heavy atom. The molecule has 1 aromatic heterocycles. The molecule has 2 rings (SSSR count). The monoisotopic (exact) mass is 307 g/mol. The van der Waals surface area contributed by atoms with E-state index in [1.165, 1.54) is 6.07 Å². The second-order valence-corrected chi connectivity index (χ2v) is 5.13. The summed E-state index contributed by atoms with van der Waals surface area (Å²) in [7, 11) is 0. The van der Waals surface area contributed by atoms with E-state index < -0.39 is 0 Å². The number of nitrogens with zero attached hydrogens (tertiary/aromatic N) is 1. The Labute approximate surface area is 129 Å². The van der Waals surface area contributed by atoms with Gasteiger partial charge in [0.15, 0.2) is 0 Å². The van der Waals surface area contributed by atoms with E-state index in [9.17, 15) is 4.39 Å². The highest BCUT2D eigenvalue weighted by Crippen LogP contribution is 2.18. The van der Waals surface area contributed by atoms with E-state index in [1.807, 2.05) is 18.2 Å². The molecule has 2 N–H and O–H groups in total. The molecular formula is C16H19ClFN3. The molecule has 1 heterocycles. The number of nitrogens with one attached hydrogen (secondary N) is 2. The maximum atomic E-state index is 13.5. The van der Waals surface area contributed by atoms with Crippen LogP contribution in [0.25, 0.3) is 0 Å². The highest BCUT2D eigenvalue weighted by molar-refractivity contribution is 6.31. The first-order valence-corrected chi connectivity index (χ1v) is 7.43. The first-order chi connectivity index (χ1) is 10.3. The minimum Gasteiger partial charge on any atom is -0.370 e. The smallest absolute Gasteiger partial charge is 0.129 e. The molecule has 0 saturated carbocycles. The van der Waals surface area contributed by atoms with Crippen molar-refractivity contribution >= 4 is 17.4 Å². The maximum Gasteiger partial charge on any atom is 0.129 e. The molecule has 0 aliphatic heterocycles. The summed E-state index contributed by atoms with van der Waals surface area (Å²) in [4.78, 5) is 4.19. The minimum absolute atomic E-state index is 0.258. The van der Waals surface area contributed by atoms with Crippen LogP contribution < -0.4 is 10.6 Å². The van der Waals surface area contributed by atoms with Crippen LogP contribution in [0.2, 0.25) is 5.02 Å². The summed E-state index contributed by atoms with van der Waals surface area (Å²) in [5, 5.41) is 6.94. The van der Waals surface area contributed by atoms with Gasteiger partial charge in [0.05, 0.1) is 0 Å². The molecular weight excluding hydrogens is 289 g/mol. The molecule has 0 spiro atoms. The molecule has 0 atom stereocenters. The Balaban J connectivity index is 1.58. The van der Waals surface area contributed by atoms with Crippen LogP contribution in [0.5, 0.6) is 0 Å². The fourth-order valence-corrected chi connectivity index (χ4v) is 2.20. The first-order valence-electron chi connectivity index (χ1n) is 7.06. The standard InChI is InChI=1S/C16H19ClFN3/c17-14-6-5-7-15(18)13(14)12-19-9-3-4-11-21-16-8-1-2-10-20-16/h1-2,5-8,10,19H,3-4,9,11-12H2,(H,20,21). The van der Waals surface area contributed by atoms with Gasteiger partial charge in [0, 0.05) is 29.9 Å². The van der Waals surface area contributed by atoms with Gasteiger partial charge in [0.1, 0.15) is 11.6 Å². The highest BCUT2D eigenvalue weighted by Gasteiger charge is 2.05. The number of rotatable bonds is 8. The van der Waals surface area contributed by atoms with Crippen LogP contribution in [0.15, 0.2) is 42.6 Å². The summed E-state index contributed by atoms with van der Waals surface area (Å²) in [6, 6.07) is 10.5. The van der Waals surface area contributed by atoms with E-state index in [0.29, 0.717) is 17.1 Å². The van der Waals surface area contributed by atoms with Crippen LogP contribution >= 0.6 is 11.6 Å². The van der Waals surface area contributed by atoms with Crippen LogP contribution in [0.4, 0.5) is 10.2 Å². The lowest BCUT2D eigenvalue weighted by Crippen LogP contribution is -2.17. The van der Waals surface area contributed by atoms with Crippen molar-refractivity contribution in [2.75, 3.05) is 18.4 Å². The molecule has 0 fully saturated rings. The zero-order valence-electron chi connectivity index (χ0n) is 11.8. The molecule has 21 heavy (non-hydrogen) atoms. The fourth-order valence-electron chi connectivity index (χ4n) is 1.97. The molecule has 2 aromatic rings. The van der Waals surface area contributed by atoms with Crippen LogP contribution in [-0.4, -0.2) is 18.1 Å². The first kappa shape index (κ1) is 15.7. The van der Waals surface area contributed by atoms with Gasteiger partial charge in [0.2, 0.25) is 0 Å². The van der Waals surface area contributed by atoms with Gasteiger partial charge < -0.3 is 10.6 Å². The number of aromatic nitrogens is 1. The van der Waals surface area contributed by atoms with Crippen molar-refractivity contribution in [3.8, 4) is 0 Å². The molecule has 1 aromatic carbocycles. The third-order valence-corrected chi connectivity index (χ3v) is 3.47. The van der Waals surface area contributed by atoms with Gasteiger partial charge in [-0.25, -0.2) is 9.37 Å². The van der Waals surface area contributed by atoms with Gasteiger partial charge in [-0.3, -0.25) is 0 Å². The lowest BCUT2D eigenvalue weighted by atomic mass is 10.2. The maximum absolute atomic E-state index is 13.5. The Morgan fingerprint density at radius 3 is 2.67 bits per heavy atom. The Hall–Kier alpha value is -1.65. The zero-order chi connectivity index (χ0) is 14.9. The van der Waals surface area contributed by atoms with E-state index in [-0.39, 0.29) is 5.82 Å². The molecule has 112 valence electrons. The molecule has 0 amide bonds. The molecule has 0 radical (unpaired) electrons. The minimum atomic E-state index is -0.258. The number of unbranched alkanes of at least 4 members (excludes halogenated alkanes) is 1. The van der Waals surface area contributed by atoms with Gasteiger partial charge in [-0.15, -0.1) is 0 Å². The Kier molecular flexibility index (Phi) is 6.44. The van der Waals surface area contributed by atoms with Crippen molar-refractivity contribution in [3.63, 3.8) is 0 Å². The second-order valence-electron chi connectivity index (χ2n) is 4.73. The predicted molar refractivity (Wildman–Crippen MR) is 85.1 cm³/mol. The lowest BCUT2D eigenvalue weighted by Gasteiger charge is -2.08. The van der Waals surface area contributed by atoms with Crippen molar-refractivity contribution < 1.29 is 4.39 Å². The summed E-state index contributed by atoms with van der Waals surface area (Å²) in [6.45, 7) is 2.16. The van der Waals surface area contributed by atoms with E-state index in [0.717, 1.165) is 31.7 Å². The molecule has 0 saturated heterocycles. The Bertz CT molecular complexity index is 528. The van der Waals surface area contributed by atoms with Crippen molar-refractivity contribution in [1.29, 1.82) is 0 Å². The molecule has 5 heteroatoms. The Morgan fingerprint density at radius 2 is 1.90 bits per heavy atom. The normalized spacial score (nSPS) is 10.6. The number of halogens is 2. The average molecular weight is 308 g/mol. The van der Waals surface area contributed by atoms with Crippen molar-refractivity contribution in [3.05, 3.63) is 59.0 Å². The number of anilines is 1. The topological polar surface area (TPSA) is 37.0 Å². The van der Waals surface area contributed by atoms with Gasteiger partial charge in [0.25, 0.3) is 0 Å². The summed E-state index contributed by atoms with van der Waals surface area (Å²) >= 11 is 5.96. The zero-order valence-corrected chi connectivity index (χ0v) is 12.5. The van der Waals surface area contributed by atoms with Gasteiger partial charge >= 0.3 is 0 Å². The summed E-state index contributed by atoms with van der Waals surface area (Å²) in [6.07, 6.45) is 3.79. The van der Waals surface area contributed by atoms with Crippen molar-refractivity contribution in [2.45, 2.75) is 19.4 Å². The lowest BCUT2D eigenvalue weighted by molar-refractivity contribution is 0.578. The summed E-state index contributed by atoms with van der Waals surface area (Å²) in [5.41, 5.74) is 0.533. The fraction of sp³-hybridized carbons (Fsp3) is 0.312. The largest absolute Gasteiger partial charge is 0.370 e. The summed E-state index contributed by atoms with van der Waals surface area (Å²) in [5.74, 6) is 0.635. The number of benzene rings is 1. The highest BCUT2D eigenvalue weighted by atomic mass is 35.5. The quantitative estimate of drug-likeness (QED) is 0.727. The summed E-state index contributed by atoms with van der Waals surface area (Å²) < 4.78 is 13.5. The van der Waals surface area contributed by atoms with E-state index in [2.05, 4.69) is 15.6 Å². The number of hydrogen-bond donors (Lipinski definition) is 2. The van der Waals surface area contributed by atoms with Gasteiger partial charge in [-0.1, -0.05) is 23.7 Å². The third kappa shape index (κ3) is 5.33. The van der Waals surface area contributed by atoms with Crippen molar-refractivity contribution in [1.82, 2.24) is 10.3 Å². The van der Waals surface area contributed by atoms with Crippen LogP contribution in [-0.2, 0) is 6.54 Å². The van der Waals surface area contributed by atoms with Gasteiger partial charge in [-0.2, -0.15) is 0 Å². The van der Waals surface area contributed by atoms with E-state index in [4.69, 9.17) is 11.6 Å². The number of pyridine rings is 1. The van der Waals surface area contributed by atoms with Crippen LogP contribution in [0.3, 0.4) is 0 Å². The molecule has 0 bridgehead atoms. The van der Waals surface area contributed by atoms with Crippen molar-refractivity contribution in [2.24, 2.45) is 0 Å². The second kappa shape index (κ2) is 8.60. The van der Waals surface area contributed by atoms with Crippen LogP contribution in [0.1, 0.15) is 18.4 Å². The van der Waals surface area contributed by atoms with E-state index >= 15 is 0 Å². The third-order valence-electron chi connectivity index (χ3n) is 3.11. The molecule has 0 aliphatic carbocycles.